The van der Waals surface area contributed by atoms with Crippen LogP contribution in [0.2, 0.25) is 0 Å². The number of nitrogens with one attached hydrogen (secondary N) is 2. The minimum atomic E-state index is -0.289. The predicted octanol–water partition coefficient (Wildman–Crippen LogP) is 4.49. The fourth-order valence-corrected chi connectivity index (χ4v) is 4.15. The van der Waals surface area contributed by atoms with E-state index in [1.165, 1.54) is 21.6 Å². The van der Waals surface area contributed by atoms with Crippen LogP contribution >= 0.6 is 11.3 Å². The number of carbonyl (C=O) groups is 1. The minimum absolute atomic E-state index is 0.0508. The molecule has 2 aromatic carbocycles. The van der Waals surface area contributed by atoms with Gasteiger partial charge in [0, 0.05) is 22.2 Å². The van der Waals surface area contributed by atoms with Crippen molar-refractivity contribution >= 4 is 22.9 Å². The zero-order valence-corrected chi connectivity index (χ0v) is 19.0. The first-order valence-corrected chi connectivity index (χ1v) is 11.2. The number of amides is 1. The van der Waals surface area contributed by atoms with Crippen molar-refractivity contribution in [3.05, 3.63) is 81.1 Å². The number of aromatic amines is 1. The summed E-state index contributed by atoms with van der Waals surface area (Å²) < 4.78 is 6.95. The second-order valence-corrected chi connectivity index (χ2v) is 8.23. The molecule has 8 heteroatoms. The number of hydrogen-bond acceptors (Lipinski definition) is 5. The molecule has 2 heterocycles. The van der Waals surface area contributed by atoms with Crippen LogP contribution in [0.25, 0.3) is 16.4 Å². The van der Waals surface area contributed by atoms with Gasteiger partial charge in [0.15, 0.2) is 0 Å². The van der Waals surface area contributed by atoms with E-state index in [9.17, 15) is 9.59 Å². The molecular formula is C24H24N4O3S. The summed E-state index contributed by atoms with van der Waals surface area (Å²) in [5.74, 6) is 0.306. The SMILES string of the molecule is CCOc1ccccc1NC(=O)Cc1c(C)[nH]n(-c2nc(-c3ccc(C)cc3)cs2)c1=O. The van der Waals surface area contributed by atoms with Crippen molar-refractivity contribution < 1.29 is 9.53 Å². The van der Waals surface area contributed by atoms with Gasteiger partial charge in [-0.3, -0.25) is 14.7 Å². The van der Waals surface area contributed by atoms with Crippen LogP contribution in [0.1, 0.15) is 23.7 Å². The van der Waals surface area contributed by atoms with Crippen LogP contribution in [0.5, 0.6) is 5.75 Å². The third-order valence-corrected chi connectivity index (χ3v) is 5.85. The van der Waals surface area contributed by atoms with Crippen LogP contribution in [-0.4, -0.2) is 27.3 Å². The number of thiazole rings is 1. The highest BCUT2D eigenvalue weighted by molar-refractivity contribution is 7.12. The van der Waals surface area contributed by atoms with E-state index in [0.29, 0.717) is 34.4 Å². The first-order valence-electron chi connectivity index (χ1n) is 10.3. The highest BCUT2D eigenvalue weighted by Crippen LogP contribution is 2.25. The number of ether oxygens (including phenoxy) is 1. The molecule has 4 aromatic rings. The molecule has 2 N–H and O–H groups in total. The fourth-order valence-electron chi connectivity index (χ4n) is 3.35. The van der Waals surface area contributed by atoms with E-state index in [0.717, 1.165) is 11.3 Å². The quantitative estimate of drug-likeness (QED) is 0.436. The lowest BCUT2D eigenvalue weighted by Crippen LogP contribution is -2.22. The summed E-state index contributed by atoms with van der Waals surface area (Å²) in [5.41, 5.74) is 4.31. The maximum Gasteiger partial charge on any atom is 0.277 e. The van der Waals surface area contributed by atoms with Gasteiger partial charge in [-0.25, -0.2) is 4.98 Å². The molecule has 2 aromatic heterocycles. The topological polar surface area (TPSA) is 89.0 Å². The van der Waals surface area contributed by atoms with Crippen molar-refractivity contribution in [2.24, 2.45) is 0 Å². The van der Waals surface area contributed by atoms with E-state index in [4.69, 9.17) is 4.74 Å². The molecule has 7 nitrogen and oxygen atoms in total. The Bertz CT molecular complexity index is 1300. The van der Waals surface area contributed by atoms with E-state index < -0.39 is 0 Å². The lowest BCUT2D eigenvalue weighted by atomic mass is 10.1. The number of H-pyrrole nitrogens is 1. The molecule has 0 fully saturated rings. The highest BCUT2D eigenvalue weighted by atomic mass is 32.1. The number of rotatable bonds is 7. The molecule has 0 atom stereocenters. The number of aromatic nitrogens is 3. The van der Waals surface area contributed by atoms with Gasteiger partial charge in [0.1, 0.15) is 5.75 Å². The third-order valence-electron chi connectivity index (χ3n) is 5.02. The van der Waals surface area contributed by atoms with Crippen molar-refractivity contribution in [1.82, 2.24) is 14.8 Å². The monoisotopic (exact) mass is 448 g/mol. The Morgan fingerprint density at radius 3 is 2.66 bits per heavy atom. The van der Waals surface area contributed by atoms with Crippen molar-refractivity contribution in [2.75, 3.05) is 11.9 Å². The van der Waals surface area contributed by atoms with Crippen molar-refractivity contribution in [3.63, 3.8) is 0 Å². The second-order valence-electron chi connectivity index (χ2n) is 7.39. The van der Waals surface area contributed by atoms with Gasteiger partial charge in [0.25, 0.3) is 5.56 Å². The van der Waals surface area contributed by atoms with Crippen molar-refractivity contribution in [2.45, 2.75) is 27.2 Å². The number of anilines is 1. The Morgan fingerprint density at radius 1 is 1.16 bits per heavy atom. The lowest BCUT2D eigenvalue weighted by Gasteiger charge is -2.10. The van der Waals surface area contributed by atoms with Gasteiger partial charge in [0.2, 0.25) is 11.0 Å². The molecule has 164 valence electrons. The summed E-state index contributed by atoms with van der Waals surface area (Å²) in [7, 11) is 0. The van der Waals surface area contributed by atoms with Gasteiger partial charge in [-0.05, 0) is 32.9 Å². The first-order chi connectivity index (χ1) is 15.5. The third kappa shape index (κ3) is 4.50. The van der Waals surface area contributed by atoms with E-state index in [1.54, 1.807) is 19.1 Å². The van der Waals surface area contributed by atoms with E-state index >= 15 is 0 Å². The lowest BCUT2D eigenvalue weighted by molar-refractivity contribution is -0.115. The maximum atomic E-state index is 13.0. The Hall–Kier alpha value is -3.65. The van der Waals surface area contributed by atoms with Crippen molar-refractivity contribution in [1.29, 1.82) is 0 Å². The maximum absolute atomic E-state index is 13.0. The van der Waals surface area contributed by atoms with Gasteiger partial charge in [-0.1, -0.05) is 42.0 Å². The van der Waals surface area contributed by atoms with Crippen LogP contribution in [0.15, 0.2) is 58.7 Å². The van der Waals surface area contributed by atoms with Gasteiger partial charge >= 0.3 is 0 Å². The molecule has 0 unspecified atom stereocenters. The average Bonchev–Trinajstić information content (AvgIpc) is 3.36. The molecule has 4 rings (SSSR count). The number of carbonyl (C=O) groups excluding carboxylic acids is 1. The molecule has 0 aliphatic carbocycles. The normalized spacial score (nSPS) is 10.8. The molecule has 0 aliphatic heterocycles. The highest BCUT2D eigenvalue weighted by Gasteiger charge is 2.18. The predicted molar refractivity (Wildman–Crippen MR) is 127 cm³/mol. The zero-order valence-electron chi connectivity index (χ0n) is 18.1. The molecule has 0 saturated heterocycles. The van der Waals surface area contributed by atoms with E-state index in [1.807, 2.05) is 55.6 Å². The summed E-state index contributed by atoms with van der Waals surface area (Å²) in [6.07, 6.45) is -0.0508. The molecule has 32 heavy (non-hydrogen) atoms. The zero-order chi connectivity index (χ0) is 22.7. The van der Waals surface area contributed by atoms with Crippen molar-refractivity contribution in [3.8, 4) is 22.1 Å². The number of benzene rings is 2. The van der Waals surface area contributed by atoms with Crippen LogP contribution in [0.3, 0.4) is 0 Å². The summed E-state index contributed by atoms with van der Waals surface area (Å²) >= 11 is 1.37. The first kappa shape index (κ1) is 21.6. The number of hydrogen-bond donors (Lipinski definition) is 2. The van der Waals surface area contributed by atoms with Gasteiger partial charge in [-0.15, -0.1) is 11.3 Å². The summed E-state index contributed by atoms with van der Waals surface area (Å²) in [6, 6.07) is 15.3. The Labute approximate surface area is 189 Å². The molecule has 0 saturated carbocycles. The van der Waals surface area contributed by atoms with Gasteiger partial charge < -0.3 is 10.1 Å². The smallest absolute Gasteiger partial charge is 0.277 e. The Kier molecular flexibility index (Phi) is 6.23. The Morgan fingerprint density at radius 2 is 1.91 bits per heavy atom. The number of aryl methyl sites for hydroxylation is 2. The molecule has 1 amide bonds. The van der Waals surface area contributed by atoms with Crippen LogP contribution < -0.4 is 15.6 Å². The van der Waals surface area contributed by atoms with Crippen LogP contribution in [0.4, 0.5) is 5.69 Å². The van der Waals surface area contributed by atoms with Gasteiger partial charge in [-0.2, -0.15) is 4.68 Å². The van der Waals surface area contributed by atoms with Gasteiger partial charge in [0.05, 0.1) is 24.4 Å². The van der Waals surface area contributed by atoms with E-state index in [-0.39, 0.29) is 17.9 Å². The summed E-state index contributed by atoms with van der Waals surface area (Å²) in [6.45, 7) is 6.19. The number of para-hydroxylation sites is 2. The number of nitrogens with zero attached hydrogens (tertiary/aromatic N) is 2. The standard InChI is InChI=1S/C24H24N4O3S/c1-4-31-21-8-6-5-7-19(21)25-22(29)13-18-16(3)27-28(23(18)30)24-26-20(14-32-24)17-11-9-15(2)10-12-17/h5-12,14,27H,4,13H2,1-3H3,(H,25,29). The summed E-state index contributed by atoms with van der Waals surface area (Å²) in [4.78, 5) is 30.3. The summed E-state index contributed by atoms with van der Waals surface area (Å²) in [5, 5.41) is 8.34. The molecule has 0 spiro atoms. The largest absolute Gasteiger partial charge is 0.492 e. The van der Waals surface area contributed by atoms with Crippen LogP contribution in [0, 0.1) is 13.8 Å². The van der Waals surface area contributed by atoms with E-state index in [2.05, 4.69) is 15.4 Å². The molecular weight excluding hydrogens is 424 g/mol. The average molecular weight is 449 g/mol. The molecule has 0 radical (unpaired) electrons. The van der Waals surface area contributed by atoms with Crippen LogP contribution in [-0.2, 0) is 11.2 Å². The minimum Gasteiger partial charge on any atom is -0.492 e. The Balaban J connectivity index is 1.54. The fraction of sp³-hybridized carbons (Fsp3) is 0.208. The second kappa shape index (κ2) is 9.23. The molecule has 0 bridgehead atoms. The molecule has 0 aliphatic rings.